The summed E-state index contributed by atoms with van der Waals surface area (Å²) in [5, 5.41) is 0. The standard InChI is InChI=1S/C6H4O2.H12N9P3/c7-5-1-2-6(8)4-3-5;1-8-10(3)7-12(5,6)9(2)11(8)4/h1-4H;1-6H2. The minimum absolute atomic E-state index is 0.121. The molecule has 112 valence electrons. The minimum Gasteiger partial charge on any atom is -0.290 e. The van der Waals surface area contributed by atoms with Crippen LogP contribution in [0.4, 0.5) is 0 Å². The predicted octanol–water partition coefficient (Wildman–Crippen LogP) is -1.16. The van der Waals surface area contributed by atoms with E-state index >= 15 is 0 Å². The topological polar surface area (TPSA) is 209 Å². The number of rotatable bonds is 0. The van der Waals surface area contributed by atoms with Crippen LogP contribution in [0.3, 0.4) is 0 Å². The Morgan fingerprint density at radius 2 is 1.40 bits per heavy atom. The van der Waals surface area contributed by atoms with Crippen LogP contribution in [-0.2, 0) is 9.59 Å². The van der Waals surface area contributed by atoms with Crippen LogP contribution in [0, 0.1) is 0 Å². The van der Waals surface area contributed by atoms with Gasteiger partial charge in [-0.25, -0.2) is 4.52 Å². The van der Waals surface area contributed by atoms with Gasteiger partial charge in [-0.2, -0.15) is 0 Å². The number of carbonyl (C=O) groups excluding carboxylic acids is 2. The first-order valence-corrected chi connectivity index (χ1v) is 9.44. The smallest absolute Gasteiger partial charge is 0.186 e. The second-order valence-corrected chi connectivity index (χ2v) is 9.30. The van der Waals surface area contributed by atoms with Gasteiger partial charge in [0, 0.05) is 0 Å². The molecule has 0 fully saturated rings. The average molecular weight is 339 g/mol. The van der Waals surface area contributed by atoms with E-state index in [1.54, 1.807) is 0 Å². The van der Waals surface area contributed by atoms with Gasteiger partial charge in [-0.15, -0.1) is 9.10 Å². The average Bonchev–Trinajstić information content (AvgIpc) is 2.38. The third-order valence-electron chi connectivity index (χ3n) is 2.02. The quantitative estimate of drug-likeness (QED) is 0.177. The molecule has 0 aromatic rings. The molecule has 2 unspecified atom stereocenters. The van der Waals surface area contributed by atoms with Gasteiger partial charge in [-0.1, -0.05) is 0 Å². The molecule has 2 rings (SSSR count). The van der Waals surface area contributed by atoms with Crippen molar-refractivity contribution in [1.29, 1.82) is 0 Å². The minimum atomic E-state index is -2.66. The SMILES string of the molecule is NN1P(N)N=P(N)(N)N(N)P1N.O=C1C=CC(=O)C=C1. The highest BCUT2D eigenvalue weighted by atomic mass is 31.3. The number of ketones is 2. The van der Waals surface area contributed by atoms with Gasteiger partial charge >= 0.3 is 0 Å². The summed E-state index contributed by atoms with van der Waals surface area (Å²) in [6.45, 7) is 0. The normalized spacial score (nSPS) is 29.7. The fourth-order valence-electron chi connectivity index (χ4n) is 1.00. The zero-order chi connectivity index (χ0) is 15.5. The third-order valence-corrected chi connectivity index (χ3v) is 8.32. The van der Waals surface area contributed by atoms with E-state index in [-0.39, 0.29) is 11.6 Å². The Morgan fingerprint density at radius 1 is 1.00 bits per heavy atom. The summed E-state index contributed by atoms with van der Waals surface area (Å²) >= 11 is 0. The second-order valence-electron chi connectivity index (χ2n) is 3.54. The molecular weight excluding hydrogens is 323 g/mol. The van der Waals surface area contributed by atoms with E-state index in [2.05, 4.69) is 4.52 Å². The first kappa shape index (κ1) is 17.6. The van der Waals surface area contributed by atoms with E-state index in [0.717, 1.165) is 4.55 Å². The fraction of sp³-hybridized carbons (Fsp3) is 0. The molecule has 1 aliphatic heterocycles. The summed E-state index contributed by atoms with van der Waals surface area (Å²) < 4.78 is 6.18. The Hall–Kier alpha value is -0.410. The van der Waals surface area contributed by atoms with Crippen molar-refractivity contribution >= 4 is 35.8 Å². The molecule has 1 heterocycles. The molecule has 0 aromatic carbocycles. The predicted molar refractivity (Wildman–Crippen MR) is 80.3 cm³/mol. The van der Waals surface area contributed by atoms with Crippen molar-refractivity contribution in [1.82, 2.24) is 9.10 Å². The summed E-state index contributed by atoms with van der Waals surface area (Å²) in [7, 11) is -5.45. The van der Waals surface area contributed by atoms with E-state index in [1.807, 2.05) is 0 Å². The Bertz CT molecular complexity index is 476. The van der Waals surface area contributed by atoms with Crippen molar-refractivity contribution in [3.8, 4) is 0 Å². The maximum atomic E-state index is 10.3. The number of allylic oxidation sites excluding steroid dienone is 4. The molecule has 0 radical (unpaired) electrons. The van der Waals surface area contributed by atoms with Gasteiger partial charge in [-0.3, -0.25) is 43.3 Å². The molecule has 2 atom stereocenters. The van der Waals surface area contributed by atoms with Gasteiger partial charge in [-0.05, 0) is 24.3 Å². The molecule has 2 aliphatic rings. The van der Waals surface area contributed by atoms with Crippen molar-refractivity contribution < 1.29 is 9.59 Å². The molecule has 11 nitrogen and oxygen atoms in total. The van der Waals surface area contributed by atoms with E-state index in [9.17, 15) is 9.59 Å². The molecule has 20 heavy (non-hydrogen) atoms. The van der Waals surface area contributed by atoms with Crippen LogP contribution in [0.2, 0.25) is 0 Å². The molecule has 12 N–H and O–H groups in total. The number of hydrogen-bond donors (Lipinski definition) is 6. The number of nitrogens with two attached hydrogens (primary N) is 6. The van der Waals surface area contributed by atoms with Crippen LogP contribution in [0.15, 0.2) is 28.8 Å². The van der Waals surface area contributed by atoms with Gasteiger partial charge in [0.2, 0.25) is 0 Å². The maximum absolute atomic E-state index is 10.3. The number of hydrazine groups is 2. The molecule has 0 saturated heterocycles. The summed E-state index contributed by atoms with van der Waals surface area (Å²) in [5.41, 5.74) is 22.3. The summed E-state index contributed by atoms with van der Waals surface area (Å²) in [5.74, 6) is 10.7. The van der Waals surface area contributed by atoms with Gasteiger partial charge in [0.1, 0.15) is 0 Å². The van der Waals surface area contributed by atoms with Crippen LogP contribution in [0.25, 0.3) is 0 Å². The van der Waals surface area contributed by atoms with Crippen molar-refractivity contribution in [3.05, 3.63) is 24.3 Å². The van der Waals surface area contributed by atoms with Crippen LogP contribution in [-0.4, -0.2) is 20.7 Å². The van der Waals surface area contributed by atoms with E-state index in [4.69, 9.17) is 33.7 Å². The molecule has 0 bridgehead atoms. The monoisotopic (exact) mass is 339 g/mol. The van der Waals surface area contributed by atoms with Gasteiger partial charge < -0.3 is 0 Å². The lowest BCUT2D eigenvalue weighted by Crippen LogP contribution is -2.42. The van der Waals surface area contributed by atoms with Crippen molar-refractivity contribution in [2.45, 2.75) is 0 Å². The number of carbonyl (C=O) groups is 2. The molecule has 0 amide bonds. The summed E-state index contributed by atoms with van der Waals surface area (Å²) in [6, 6.07) is 0. The van der Waals surface area contributed by atoms with E-state index in [0.29, 0.717) is 0 Å². The molecule has 14 heteroatoms. The highest BCUT2D eigenvalue weighted by molar-refractivity contribution is 7.81. The van der Waals surface area contributed by atoms with Crippen molar-refractivity contribution in [3.63, 3.8) is 0 Å². The zero-order valence-electron chi connectivity index (χ0n) is 10.3. The molecule has 1 aliphatic carbocycles. The van der Waals surface area contributed by atoms with Crippen molar-refractivity contribution in [2.75, 3.05) is 0 Å². The van der Waals surface area contributed by atoms with Gasteiger partial charge in [0.25, 0.3) is 0 Å². The number of nitrogens with zero attached hydrogens (tertiary/aromatic N) is 3. The molecule has 0 aromatic heterocycles. The largest absolute Gasteiger partial charge is 0.290 e. The Kier molecular flexibility index (Phi) is 6.21. The van der Waals surface area contributed by atoms with E-state index in [1.165, 1.54) is 28.9 Å². The maximum Gasteiger partial charge on any atom is 0.186 e. The Morgan fingerprint density at radius 3 is 1.80 bits per heavy atom. The van der Waals surface area contributed by atoms with Crippen LogP contribution < -0.4 is 33.7 Å². The van der Waals surface area contributed by atoms with Crippen LogP contribution >= 0.6 is 24.3 Å². The first-order valence-electron chi connectivity index (χ1n) is 4.98. The lowest BCUT2D eigenvalue weighted by molar-refractivity contribution is -0.113. The second kappa shape index (κ2) is 7.04. The van der Waals surface area contributed by atoms with Gasteiger partial charge in [0.05, 0.1) is 0 Å². The van der Waals surface area contributed by atoms with Gasteiger partial charge in [0.15, 0.2) is 35.8 Å². The first-order chi connectivity index (χ1) is 9.15. The summed E-state index contributed by atoms with van der Waals surface area (Å²) in [6.07, 6.45) is 5.01. The molecule has 0 spiro atoms. The molecule has 0 saturated carbocycles. The third kappa shape index (κ3) is 4.56. The van der Waals surface area contributed by atoms with Crippen molar-refractivity contribution in [2.24, 2.45) is 38.2 Å². The lowest BCUT2D eigenvalue weighted by Gasteiger charge is -2.40. The van der Waals surface area contributed by atoms with E-state index < -0.39 is 24.3 Å². The number of hydrogen-bond acceptors (Lipinski definition) is 11. The summed E-state index contributed by atoms with van der Waals surface area (Å²) in [4.78, 5) is 20.6. The molecular formula is C6H16N9O2P3. The highest BCUT2D eigenvalue weighted by Gasteiger charge is 2.35. The fourth-order valence-corrected chi connectivity index (χ4v) is 6.30. The Balaban J connectivity index is 0.000000217. The van der Waals surface area contributed by atoms with Crippen LogP contribution in [0.1, 0.15) is 0 Å². The van der Waals surface area contributed by atoms with Crippen LogP contribution in [0.5, 0.6) is 0 Å². The highest BCUT2D eigenvalue weighted by Crippen LogP contribution is 2.63. The zero-order valence-corrected chi connectivity index (χ0v) is 13.0. The Labute approximate surface area is 117 Å². The lowest BCUT2D eigenvalue weighted by atomic mass is 10.2.